The molecule has 156 valence electrons. The van der Waals surface area contributed by atoms with E-state index in [1.165, 1.54) is 12.1 Å². The van der Waals surface area contributed by atoms with E-state index >= 15 is 0 Å². The van der Waals surface area contributed by atoms with Gasteiger partial charge in [-0.25, -0.2) is 14.4 Å². The number of hydrogen-bond acceptors (Lipinski definition) is 5. The summed E-state index contributed by atoms with van der Waals surface area (Å²) in [6, 6.07) is 8.01. The average molecular weight is 409 g/mol. The summed E-state index contributed by atoms with van der Waals surface area (Å²) in [7, 11) is 0. The summed E-state index contributed by atoms with van der Waals surface area (Å²) in [5, 5.41) is 7.49. The molecule has 1 saturated heterocycles. The maximum Gasteiger partial charge on any atom is 0.257 e. The van der Waals surface area contributed by atoms with Crippen LogP contribution >= 0.6 is 0 Å². The molecule has 3 heterocycles. The van der Waals surface area contributed by atoms with E-state index in [1.54, 1.807) is 18.3 Å². The normalized spacial score (nSPS) is 16.1. The number of carbonyl (C=O) groups excluding carboxylic acids is 1. The number of nitrogens with one attached hydrogen (secondary N) is 1. The standard InChI is InChI=1S/C22H24FN5O2/c1-14-20(12-24-15(2)25-14)22(29)28-9-7-16(13-28)21-11-18(26-27-21)8-10-30-19-5-3-17(23)4-6-19/h3-6,11-12,16H,7-10,13H2,1-2H3,(H,26,27)/t16-/m1/s1. The van der Waals surface area contributed by atoms with Gasteiger partial charge in [0.1, 0.15) is 17.4 Å². The lowest BCUT2D eigenvalue weighted by Gasteiger charge is -2.17. The zero-order chi connectivity index (χ0) is 21.1. The summed E-state index contributed by atoms with van der Waals surface area (Å²) < 4.78 is 18.6. The van der Waals surface area contributed by atoms with E-state index in [4.69, 9.17) is 4.74 Å². The fourth-order valence-electron chi connectivity index (χ4n) is 3.68. The zero-order valence-corrected chi connectivity index (χ0v) is 17.1. The maximum absolute atomic E-state index is 12.9. The van der Waals surface area contributed by atoms with E-state index in [-0.39, 0.29) is 17.6 Å². The van der Waals surface area contributed by atoms with Gasteiger partial charge in [-0.1, -0.05) is 0 Å². The predicted molar refractivity (Wildman–Crippen MR) is 109 cm³/mol. The number of aryl methyl sites for hydroxylation is 2. The Morgan fingerprint density at radius 1 is 1.30 bits per heavy atom. The molecule has 0 bridgehead atoms. The number of hydrogen-bond donors (Lipinski definition) is 1. The molecule has 30 heavy (non-hydrogen) atoms. The summed E-state index contributed by atoms with van der Waals surface area (Å²) in [6.45, 7) is 5.43. The van der Waals surface area contributed by atoms with E-state index in [9.17, 15) is 9.18 Å². The van der Waals surface area contributed by atoms with Crippen molar-refractivity contribution in [3.8, 4) is 5.75 Å². The molecule has 1 aliphatic rings. The minimum absolute atomic E-state index is 0.0292. The van der Waals surface area contributed by atoms with Gasteiger partial charge in [-0.05, 0) is 50.6 Å². The number of nitrogens with zero attached hydrogens (tertiary/aromatic N) is 4. The molecule has 1 N–H and O–H groups in total. The number of H-pyrrole nitrogens is 1. The molecule has 7 nitrogen and oxygen atoms in total. The van der Waals surface area contributed by atoms with Crippen LogP contribution in [0.5, 0.6) is 5.75 Å². The quantitative estimate of drug-likeness (QED) is 0.676. The molecule has 4 rings (SSSR count). The molecule has 3 aromatic rings. The summed E-state index contributed by atoms with van der Waals surface area (Å²) in [5.74, 6) is 1.18. The SMILES string of the molecule is Cc1ncc(C(=O)N2CC[C@@H](c3cc(CCOc4ccc(F)cc4)[nH]n3)C2)c(C)n1. The molecule has 1 fully saturated rings. The molecule has 0 aliphatic carbocycles. The van der Waals surface area contributed by atoms with E-state index < -0.39 is 0 Å². The van der Waals surface area contributed by atoms with Crippen molar-refractivity contribution in [1.29, 1.82) is 0 Å². The van der Waals surface area contributed by atoms with Crippen LogP contribution in [0.1, 0.15) is 45.6 Å². The number of ether oxygens (including phenoxy) is 1. The maximum atomic E-state index is 12.9. The first-order valence-electron chi connectivity index (χ1n) is 10.0. The van der Waals surface area contributed by atoms with Crippen molar-refractivity contribution >= 4 is 5.91 Å². The number of aromatic nitrogens is 4. The monoisotopic (exact) mass is 409 g/mol. The first-order chi connectivity index (χ1) is 14.5. The predicted octanol–water partition coefficient (Wildman–Crippen LogP) is 3.21. The van der Waals surface area contributed by atoms with E-state index in [0.717, 1.165) is 17.8 Å². The molecule has 8 heteroatoms. The molecule has 1 aromatic carbocycles. The van der Waals surface area contributed by atoms with Gasteiger partial charge in [0, 0.05) is 37.3 Å². The average Bonchev–Trinajstić information content (AvgIpc) is 3.39. The molecule has 0 saturated carbocycles. The molecule has 1 atom stereocenters. The second kappa shape index (κ2) is 8.61. The van der Waals surface area contributed by atoms with Crippen LogP contribution < -0.4 is 4.74 Å². The second-order valence-corrected chi connectivity index (χ2v) is 7.52. The Labute approximate surface area is 174 Å². The fraction of sp³-hybridized carbons (Fsp3) is 0.364. The minimum Gasteiger partial charge on any atom is -0.493 e. The van der Waals surface area contributed by atoms with Crippen molar-refractivity contribution in [2.45, 2.75) is 32.6 Å². The van der Waals surface area contributed by atoms with Crippen molar-refractivity contribution in [3.05, 3.63) is 70.8 Å². The molecular formula is C22H24FN5O2. The molecule has 1 amide bonds. The molecule has 0 spiro atoms. The van der Waals surface area contributed by atoms with E-state index in [2.05, 4.69) is 20.2 Å². The Morgan fingerprint density at radius 2 is 2.10 bits per heavy atom. The Morgan fingerprint density at radius 3 is 2.87 bits per heavy atom. The van der Waals surface area contributed by atoms with Gasteiger partial charge in [-0.15, -0.1) is 0 Å². The Kier molecular flexibility index (Phi) is 5.74. The van der Waals surface area contributed by atoms with Crippen LogP contribution in [0.3, 0.4) is 0 Å². The zero-order valence-electron chi connectivity index (χ0n) is 17.1. The highest BCUT2D eigenvalue weighted by atomic mass is 19.1. The van der Waals surface area contributed by atoms with Crippen LogP contribution in [0.25, 0.3) is 0 Å². The topological polar surface area (TPSA) is 84.0 Å². The Bertz CT molecular complexity index is 1030. The van der Waals surface area contributed by atoms with Crippen molar-refractivity contribution in [3.63, 3.8) is 0 Å². The lowest BCUT2D eigenvalue weighted by Crippen LogP contribution is -2.29. The highest BCUT2D eigenvalue weighted by Crippen LogP contribution is 2.27. The summed E-state index contributed by atoms with van der Waals surface area (Å²) in [5.41, 5.74) is 3.19. The first-order valence-corrected chi connectivity index (χ1v) is 10.0. The number of amides is 1. The van der Waals surface area contributed by atoms with Crippen LogP contribution in [0.2, 0.25) is 0 Å². The molecule has 0 unspecified atom stereocenters. The smallest absolute Gasteiger partial charge is 0.257 e. The molecular weight excluding hydrogens is 385 g/mol. The minimum atomic E-state index is -0.283. The van der Waals surface area contributed by atoms with Gasteiger partial charge in [0.2, 0.25) is 0 Å². The lowest BCUT2D eigenvalue weighted by atomic mass is 10.0. The van der Waals surface area contributed by atoms with Gasteiger partial charge in [0.25, 0.3) is 5.91 Å². The van der Waals surface area contributed by atoms with Gasteiger partial charge in [-0.3, -0.25) is 9.89 Å². The number of likely N-dealkylation sites (tertiary alicyclic amines) is 1. The highest BCUT2D eigenvalue weighted by Gasteiger charge is 2.30. The number of rotatable bonds is 6. The number of aromatic amines is 1. The van der Waals surface area contributed by atoms with E-state index in [1.807, 2.05) is 24.8 Å². The Hall–Kier alpha value is -3.29. The van der Waals surface area contributed by atoms with Gasteiger partial charge >= 0.3 is 0 Å². The van der Waals surface area contributed by atoms with E-state index in [0.29, 0.717) is 48.9 Å². The van der Waals surface area contributed by atoms with Crippen molar-refractivity contribution < 1.29 is 13.9 Å². The third-order valence-corrected chi connectivity index (χ3v) is 5.33. The number of benzene rings is 1. The number of halogens is 1. The van der Waals surface area contributed by atoms with Crippen LogP contribution in [-0.4, -0.2) is 50.7 Å². The van der Waals surface area contributed by atoms with Gasteiger partial charge in [0.05, 0.1) is 23.6 Å². The van der Waals surface area contributed by atoms with Crippen molar-refractivity contribution in [1.82, 2.24) is 25.1 Å². The van der Waals surface area contributed by atoms with Crippen LogP contribution in [0, 0.1) is 19.7 Å². The molecule has 2 aromatic heterocycles. The van der Waals surface area contributed by atoms with Crippen molar-refractivity contribution in [2.24, 2.45) is 0 Å². The lowest BCUT2D eigenvalue weighted by molar-refractivity contribution is 0.0789. The first kappa shape index (κ1) is 20.0. The molecule has 0 radical (unpaired) electrons. The third-order valence-electron chi connectivity index (χ3n) is 5.33. The van der Waals surface area contributed by atoms with Gasteiger partial charge < -0.3 is 9.64 Å². The Balaban J connectivity index is 1.32. The summed E-state index contributed by atoms with van der Waals surface area (Å²) in [4.78, 5) is 23.1. The third kappa shape index (κ3) is 4.48. The number of carbonyl (C=O) groups is 1. The summed E-state index contributed by atoms with van der Waals surface area (Å²) >= 11 is 0. The summed E-state index contributed by atoms with van der Waals surface area (Å²) in [6.07, 6.45) is 3.15. The van der Waals surface area contributed by atoms with Gasteiger partial charge in [-0.2, -0.15) is 5.10 Å². The fourth-order valence-corrected chi connectivity index (χ4v) is 3.68. The van der Waals surface area contributed by atoms with Crippen molar-refractivity contribution in [2.75, 3.05) is 19.7 Å². The van der Waals surface area contributed by atoms with Crippen LogP contribution in [0.4, 0.5) is 4.39 Å². The molecule has 1 aliphatic heterocycles. The second-order valence-electron chi connectivity index (χ2n) is 7.52. The highest BCUT2D eigenvalue weighted by molar-refractivity contribution is 5.95. The van der Waals surface area contributed by atoms with Gasteiger partial charge in [0.15, 0.2) is 0 Å². The largest absolute Gasteiger partial charge is 0.493 e. The van der Waals surface area contributed by atoms with Crippen LogP contribution in [0.15, 0.2) is 36.5 Å². The van der Waals surface area contributed by atoms with Crippen LogP contribution in [-0.2, 0) is 6.42 Å².